The first-order valence-corrected chi connectivity index (χ1v) is 5.43. The molecule has 3 N–H and O–H groups in total. The van der Waals surface area contributed by atoms with E-state index in [4.69, 9.17) is 16.1 Å². The molecule has 0 saturated carbocycles. The van der Waals surface area contributed by atoms with Crippen LogP contribution in [0.3, 0.4) is 0 Å². The predicted octanol–water partition coefficient (Wildman–Crippen LogP) is 0.690. The molecule has 0 aliphatic carbocycles. The molecule has 2 rings (SSSR count). The maximum Gasteiger partial charge on any atom is 0.325 e. The van der Waals surface area contributed by atoms with E-state index < -0.39 is 17.3 Å². The second-order valence-electron chi connectivity index (χ2n) is 4.41. The number of carboxylic acids is 1. The quantitative estimate of drug-likeness (QED) is 0.804. The molecule has 0 spiro atoms. The van der Waals surface area contributed by atoms with E-state index in [9.17, 15) is 9.18 Å². The molecule has 1 heterocycles. The molecule has 1 aliphatic heterocycles. The third-order valence-corrected chi connectivity index (χ3v) is 3.14. The number of benzene rings is 1. The first-order valence-electron chi connectivity index (χ1n) is 5.43. The molecule has 1 atom stereocenters. The van der Waals surface area contributed by atoms with Gasteiger partial charge in [-0.05, 0) is 24.6 Å². The van der Waals surface area contributed by atoms with Gasteiger partial charge in [-0.1, -0.05) is 0 Å². The minimum Gasteiger partial charge on any atom is -0.480 e. The Hall–Kier alpha value is -2.13. The Morgan fingerprint density at radius 1 is 1.61 bits per heavy atom. The van der Waals surface area contributed by atoms with Crippen LogP contribution in [-0.4, -0.2) is 29.7 Å². The molecule has 6 heteroatoms. The molecule has 0 amide bonds. The van der Waals surface area contributed by atoms with Gasteiger partial charge in [-0.15, -0.1) is 0 Å². The lowest BCUT2D eigenvalue weighted by Crippen LogP contribution is -2.50. The summed E-state index contributed by atoms with van der Waals surface area (Å²) in [5.74, 6) is -1.62. The van der Waals surface area contributed by atoms with E-state index in [0.717, 1.165) is 6.07 Å². The molecule has 5 nitrogen and oxygen atoms in total. The zero-order chi connectivity index (χ0) is 13.3. The van der Waals surface area contributed by atoms with Crippen molar-refractivity contribution >= 4 is 11.7 Å². The van der Waals surface area contributed by atoms with Crippen LogP contribution < -0.4 is 10.6 Å². The SMILES string of the molecule is N#Cc1ccc(N2CCC(N)(C(=O)O)C2)c(F)c1. The van der Waals surface area contributed by atoms with Gasteiger partial charge in [0.05, 0.1) is 17.3 Å². The minimum absolute atomic E-state index is 0.0607. The average Bonchev–Trinajstić information content (AvgIpc) is 2.73. The molecule has 1 aromatic rings. The second kappa shape index (κ2) is 4.27. The van der Waals surface area contributed by atoms with E-state index in [2.05, 4.69) is 0 Å². The second-order valence-corrected chi connectivity index (χ2v) is 4.41. The highest BCUT2D eigenvalue weighted by Crippen LogP contribution is 2.28. The van der Waals surface area contributed by atoms with Crippen LogP contribution >= 0.6 is 0 Å². The van der Waals surface area contributed by atoms with Gasteiger partial charge in [0.1, 0.15) is 11.4 Å². The standard InChI is InChI=1S/C12H12FN3O2/c13-9-5-8(6-14)1-2-10(9)16-4-3-12(15,7-16)11(17)18/h1-2,5H,3-4,7,15H2,(H,17,18). The number of carbonyl (C=O) groups is 1. The highest BCUT2D eigenvalue weighted by molar-refractivity contribution is 5.80. The van der Waals surface area contributed by atoms with E-state index in [-0.39, 0.29) is 24.2 Å². The number of nitriles is 1. The molecule has 1 unspecified atom stereocenters. The highest BCUT2D eigenvalue weighted by Gasteiger charge is 2.41. The number of nitrogens with two attached hydrogens (primary N) is 1. The largest absolute Gasteiger partial charge is 0.480 e. The zero-order valence-electron chi connectivity index (χ0n) is 9.56. The van der Waals surface area contributed by atoms with Crippen LogP contribution in [0.4, 0.5) is 10.1 Å². The lowest BCUT2D eigenvalue weighted by Gasteiger charge is -2.22. The van der Waals surface area contributed by atoms with Crippen LogP contribution in [0, 0.1) is 17.1 Å². The van der Waals surface area contributed by atoms with Crippen LogP contribution in [0.1, 0.15) is 12.0 Å². The number of hydrogen-bond acceptors (Lipinski definition) is 4. The van der Waals surface area contributed by atoms with E-state index >= 15 is 0 Å². The van der Waals surface area contributed by atoms with E-state index in [0.29, 0.717) is 6.54 Å². The fourth-order valence-electron chi connectivity index (χ4n) is 2.05. The van der Waals surface area contributed by atoms with Gasteiger partial charge in [-0.2, -0.15) is 5.26 Å². The molecule has 1 aromatic carbocycles. The van der Waals surface area contributed by atoms with Crippen LogP contribution in [0.15, 0.2) is 18.2 Å². The number of aliphatic carboxylic acids is 1. The van der Waals surface area contributed by atoms with Crippen molar-refractivity contribution in [2.24, 2.45) is 5.73 Å². The van der Waals surface area contributed by atoms with Gasteiger partial charge >= 0.3 is 5.97 Å². The molecular formula is C12H12FN3O2. The molecule has 0 aromatic heterocycles. The summed E-state index contributed by atoms with van der Waals surface area (Å²) in [5.41, 5.74) is 4.90. The fraction of sp³-hybridized carbons (Fsp3) is 0.333. The molecule has 18 heavy (non-hydrogen) atoms. The molecule has 0 bridgehead atoms. The fourth-order valence-corrected chi connectivity index (χ4v) is 2.05. The summed E-state index contributed by atoms with van der Waals surface area (Å²) in [6, 6.07) is 5.94. The Balaban J connectivity index is 2.25. The van der Waals surface area contributed by atoms with Crippen molar-refractivity contribution in [3.05, 3.63) is 29.6 Å². The normalized spacial score (nSPS) is 22.8. The van der Waals surface area contributed by atoms with Gasteiger partial charge < -0.3 is 15.7 Å². The Morgan fingerprint density at radius 3 is 2.83 bits per heavy atom. The Morgan fingerprint density at radius 2 is 2.33 bits per heavy atom. The molecule has 0 radical (unpaired) electrons. The number of nitrogens with zero attached hydrogens (tertiary/aromatic N) is 2. The number of halogens is 1. The maximum absolute atomic E-state index is 13.8. The summed E-state index contributed by atoms with van der Waals surface area (Å²) in [5, 5.41) is 17.6. The lowest BCUT2D eigenvalue weighted by molar-refractivity contribution is -0.142. The molecule has 1 aliphatic rings. The first kappa shape index (κ1) is 12.3. The number of anilines is 1. The molecule has 94 valence electrons. The van der Waals surface area contributed by atoms with Crippen molar-refractivity contribution in [2.75, 3.05) is 18.0 Å². The summed E-state index contributed by atoms with van der Waals surface area (Å²) in [4.78, 5) is 12.6. The summed E-state index contributed by atoms with van der Waals surface area (Å²) < 4.78 is 13.8. The topological polar surface area (TPSA) is 90.4 Å². The lowest BCUT2D eigenvalue weighted by atomic mass is 10.0. The van der Waals surface area contributed by atoms with E-state index in [1.807, 2.05) is 6.07 Å². The van der Waals surface area contributed by atoms with Crippen molar-refractivity contribution in [2.45, 2.75) is 12.0 Å². The Labute approximate surface area is 103 Å². The molecular weight excluding hydrogens is 237 g/mol. The van der Waals surface area contributed by atoms with Crippen molar-refractivity contribution in [1.29, 1.82) is 5.26 Å². The molecule has 1 fully saturated rings. The maximum atomic E-state index is 13.8. The number of rotatable bonds is 2. The third kappa shape index (κ3) is 2.00. The van der Waals surface area contributed by atoms with Gasteiger partial charge in [-0.3, -0.25) is 4.79 Å². The summed E-state index contributed by atoms with van der Waals surface area (Å²) in [6.07, 6.45) is 0.266. The number of carboxylic acid groups (broad SMARTS) is 1. The van der Waals surface area contributed by atoms with Crippen LogP contribution in [0.25, 0.3) is 0 Å². The smallest absolute Gasteiger partial charge is 0.325 e. The van der Waals surface area contributed by atoms with Crippen molar-refractivity contribution < 1.29 is 14.3 Å². The Kier molecular flexibility index (Phi) is 2.93. The van der Waals surface area contributed by atoms with E-state index in [1.165, 1.54) is 12.1 Å². The summed E-state index contributed by atoms with van der Waals surface area (Å²) in [7, 11) is 0. The van der Waals surface area contributed by atoms with Crippen molar-refractivity contribution in [3.8, 4) is 6.07 Å². The van der Waals surface area contributed by atoms with Crippen LogP contribution in [0.2, 0.25) is 0 Å². The van der Waals surface area contributed by atoms with Crippen molar-refractivity contribution in [1.82, 2.24) is 0 Å². The van der Waals surface area contributed by atoms with Gasteiger partial charge in [0.15, 0.2) is 0 Å². The minimum atomic E-state index is -1.33. The van der Waals surface area contributed by atoms with Gasteiger partial charge in [-0.25, -0.2) is 4.39 Å². The van der Waals surface area contributed by atoms with Crippen LogP contribution in [-0.2, 0) is 4.79 Å². The first-order chi connectivity index (χ1) is 8.46. The highest BCUT2D eigenvalue weighted by atomic mass is 19.1. The number of hydrogen-bond donors (Lipinski definition) is 2. The third-order valence-electron chi connectivity index (χ3n) is 3.14. The average molecular weight is 249 g/mol. The van der Waals surface area contributed by atoms with Crippen molar-refractivity contribution in [3.63, 3.8) is 0 Å². The van der Waals surface area contributed by atoms with E-state index in [1.54, 1.807) is 4.90 Å². The summed E-state index contributed by atoms with van der Waals surface area (Å²) >= 11 is 0. The monoisotopic (exact) mass is 249 g/mol. The Bertz CT molecular complexity index is 541. The molecule has 1 saturated heterocycles. The van der Waals surface area contributed by atoms with Gasteiger partial charge in [0.25, 0.3) is 0 Å². The van der Waals surface area contributed by atoms with Gasteiger partial charge in [0.2, 0.25) is 0 Å². The van der Waals surface area contributed by atoms with Crippen LogP contribution in [0.5, 0.6) is 0 Å². The predicted molar refractivity (Wildman–Crippen MR) is 62.5 cm³/mol. The zero-order valence-corrected chi connectivity index (χ0v) is 9.56. The summed E-state index contributed by atoms with van der Waals surface area (Å²) in [6.45, 7) is 0.441. The van der Waals surface area contributed by atoms with Gasteiger partial charge in [0, 0.05) is 13.1 Å².